The average Bonchev–Trinajstić information content (AvgIpc) is 3.15. The van der Waals surface area contributed by atoms with E-state index in [9.17, 15) is 4.79 Å². The van der Waals surface area contributed by atoms with Gasteiger partial charge in [0.1, 0.15) is 0 Å². The highest BCUT2D eigenvalue weighted by Crippen LogP contribution is 2.69. The summed E-state index contributed by atoms with van der Waals surface area (Å²) in [4.78, 5) is 13.3. The number of nitrogens with zero attached hydrogens (tertiary/aromatic N) is 1. The summed E-state index contributed by atoms with van der Waals surface area (Å²) in [6.07, 6.45) is 8.32. The van der Waals surface area contributed by atoms with E-state index >= 15 is 8.78 Å². The summed E-state index contributed by atoms with van der Waals surface area (Å²) in [6, 6.07) is 0. The number of carbonyl (C=O) groups is 1. The van der Waals surface area contributed by atoms with Gasteiger partial charge in [0.05, 0.1) is 32.1 Å². The predicted molar refractivity (Wildman–Crippen MR) is 131 cm³/mol. The number of Topliss-reactive ketones (excluding diaryl/α,β-unsaturated/α-hetero) is 1. The van der Waals surface area contributed by atoms with Crippen molar-refractivity contribution >= 4 is 5.78 Å². The second-order valence-electron chi connectivity index (χ2n) is 12.1. The van der Waals surface area contributed by atoms with E-state index in [2.05, 4.69) is 6.92 Å². The van der Waals surface area contributed by atoms with Crippen molar-refractivity contribution in [3.8, 4) is 0 Å². The lowest BCUT2D eigenvalue weighted by Crippen LogP contribution is -2.59. The Morgan fingerprint density at radius 1 is 1.09 bits per heavy atom. The van der Waals surface area contributed by atoms with Crippen LogP contribution in [0.2, 0.25) is 0 Å². The van der Waals surface area contributed by atoms with Gasteiger partial charge in [-0.15, -0.1) is 0 Å². The summed E-state index contributed by atoms with van der Waals surface area (Å²) in [5.41, 5.74) is 5.02. The maximum absolute atomic E-state index is 16.1. The smallest absolute Gasteiger partial charge is 0.254 e. The van der Waals surface area contributed by atoms with E-state index in [0.717, 1.165) is 18.8 Å². The molecule has 0 aliphatic heterocycles. The molecule has 0 spiro atoms. The molecule has 4 aliphatic carbocycles. The SMILES string of the molecule is COCCOC/C(N)=C/N(N)CC(=O)C1CCC2C3CCC4CC(C)CCC4C3CC(F)(F)C12C. The Morgan fingerprint density at radius 2 is 1.83 bits per heavy atom. The van der Waals surface area contributed by atoms with Crippen LogP contribution in [0.1, 0.15) is 65.2 Å². The van der Waals surface area contributed by atoms with Crippen LogP contribution < -0.4 is 11.6 Å². The number of hydrogen-bond acceptors (Lipinski definition) is 6. The molecule has 200 valence electrons. The minimum Gasteiger partial charge on any atom is -0.399 e. The van der Waals surface area contributed by atoms with Crippen molar-refractivity contribution in [2.75, 3.05) is 33.5 Å². The third-order valence-corrected chi connectivity index (χ3v) is 10.1. The number of halogens is 2. The molecular weight excluding hydrogens is 452 g/mol. The van der Waals surface area contributed by atoms with Crippen LogP contribution in [-0.4, -0.2) is 50.2 Å². The van der Waals surface area contributed by atoms with Gasteiger partial charge in [-0.1, -0.05) is 20.3 Å². The number of ether oxygens (including phenoxy) is 2. The fraction of sp³-hybridized carbons (Fsp3) is 0.889. The summed E-state index contributed by atoms with van der Waals surface area (Å²) in [5, 5.41) is 1.21. The van der Waals surface area contributed by atoms with Crippen molar-refractivity contribution in [3.63, 3.8) is 0 Å². The molecule has 4 N–H and O–H groups in total. The van der Waals surface area contributed by atoms with Gasteiger partial charge in [-0.2, -0.15) is 0 Å². The fourth-order valence-corrected chi connectivity index (χ4v) is 8.48. The van der Waals surface area contributed by atoms with Crippen LogP contribution in [0.15, 0.2) is 11.9 Å². The molecule has 0 aromatic heterocycles. The molecule has 0 radical (unpaired) electrons. The molecule has 0 heterocycles. The van der Waals surface area contributed by atoms with Gasteiger partial charge in [-0.05, 0) is 74.0 Å². The second-order valence-corrected chi connectivity index (χ2v) is 12.1. The molecule has 0 amide bonds. The van der Waals surface area contributed by atoms with Gasteiger partial charge in [0.2, 0.25) is 0 Å². The summed E-state index contributed by atoms with van der Waals surface area (Å²) >= 11 is 0. The molecule has 0 aromatic rings. The zero-order valence-electron chi connectivity index (χ0n) is 21.7. The predicted octanol–water partition coefficient (Wildman–Crippen LogP) is 4.34. The van der Waals surface area contributed by atoms with Crippen molar-refractivity contribution in [1.29, 1.82) is 0 Å². The molecule has 4 rings (SSSR count). The van der Waals surface area contributed by atoms with Gasteiger partial charge in [-0.3, -0.25) is 4.79 Å². The number of hydrogen-bond donors (Lipinski definition) is 2. The lowest BCUT2D eigenvalue weighted by atomic mass is 9.48. The molecule has 0 saturated heterocycles. The highest BCUT2D eigenvalue weighted by atomic mass is 19.3. The molecule has 6 nitrogen and oxygen atoms in total. The Labute approximate surface area is 209 Å². The van der Waals surface area contributed by atoms with Gasteiger partial charge in [-0.25, -0.2) is 14.6 Å². The number of rotatable bonds is 9. The molecule has 35 heavy (non-hydrogen) atoms. The van der Waals surface area contributed by atoms with Gasteiger partial charge < -0.3 is 20.2 Å². The van der Waals surface area contributed by atoms with Gasteiger partial charge in [0.25, 0.3) is 5.92 Å². The standard InChI is InChI=1S/C27H45F2N3O3/c1-17-4-6-20-18(12-17)5-7-21-22(20)13-27(28,29)26(2)23(21)8-9-24(26)25(33)15-32(31)14-19(30)16-35-11-10-34-3/h14,17-18,20-24H,4-13,15-16,30-31H2,1-3H3/b19-14-. The van der Waals surface area contributed by atoms with Gasteiger partial charge in [0, 0.05) is 31.1 Å². The van der Waals surface area contributed by atoms with Crippen LogP contribution in [0.3, 0.4) is 0 Å². The Kier molecular flexibility index (Phi) is 8.13. The van der Waals surface area contributed by atoms with E-state index in [1.165, 1.54) is 30.5 Å². The molecule has 8 heteroatoms. The normalized spacial score (nSPS) is 40.5. The molecule has 0 aromatic carbocycles. The van der Waals surface area contributed by atoms with Crippen LogP contribution in [0.4, 0.5) is 8.78 Å². The lowest BCUT2D eigenvalue weighted by molar-refractivity contribution is -0.226. The summed E-state index contributed by atoms with van der Waals surface area (Å²) in [5.74, 6) is 4.41. The van der Waals surface area contributed by atoms with Crippen molar-refractivity contribution in [2.45, 2.75) is 71.1 Å². The maximum atomic E-state index is 16.1. The van der Waals surface area contributed by atoms with Crippen molar-refractivity contribution < 1.29 is 23.0 Å². The molecule has 0 bridgehead atoms. The largest absolute Gasteiger partial charge is 0.399 e. The van der Waals surface area contributed by atoms with Crippen LogP contribution in [0.5, 0.6) is 0 Å². The third-order valence-electron chi connectivity index (χ3n) is 10.1. The zero-order valence-corrected chi connectivity index (χ0v) is 21.7. The van der Waals surface area contributed by atoms with Crippen LogP contribution in [0.25, 0.3) is 0 Å². The monoisotopic (exact) mass is 497 g/mol. The van der Waals surface area contributed by atoms with Gasteiger partial charge >= 0.3 is 0 Å². The lowest BCUT2D eigenvalue weighted by Gasteiger charge is -2.58. The van der Waals surface area contributed by atoms with Crippen LogP contribution in [-0.2, 0) is 14.3 Å². The number of carbonyl (C=O) groups excluding carboxylic acids is 1. The first-order valence-corrected chi connectivity index (χ1v) is 13.5. The first-order valence-electron chi connectivity index (χ1n) is 13.5. The Morgan fingerprint density at radius 3 is 2.57 bits per heavy atom. The van der Waals surface area contributed by atoms with Crippen molar-refractivity contribution in [1.82, 2.24) is 5.01 Å². The minimum absolute atomic E-state index is 0.0536. The van der Waals surface area contributed by atoms with E-state index in [1.807, 2.05) is 0 Å². The number of methoxy groups -OCH3 is 1. The van der Waals surface area contributed by atoms with Gasteiger partial charge in [0.15, 0.2) is 5.78 Å². The zero-order chi connectivity index (χ0) is 25.4. The van der Waals surface area contributed by atoms with E-state index < -0.39 is 17.3 Å². The number of hydrazine groups is 1. The van der Waals surface area contributed by atoms with E-state index in [4.69, 9.17) is 21.1 Å². The second kappa shape index (κ2) is 10.6. The minimum atomic E-state index is -2.84. The third kappa shape index (κ3) is 5.12. The molecule has 8 unspecified atom stereocenters. The number of ketones is 1. The Hall–Kier alpha value is -1.25. The fourth-order valence-electron chi connectivity index (χ4n) is 8.48. The van der Waals surface area contributed by atoms with Crippen molar-refractivity contribution in [2.24, 2.45) is 58.4 Å². The maximum Gasteiger partial charge on any atom is 0.254 e. The summed E-state index contributed by atoms with van der Waals surface area (Å²) < 4.78 is 42.4. The highest BCUT2D eigenvalue weighted by molar-refractivity contribution is 5.84. The van der Waals surface area contributed by atoms with E-state index in [0.29, 0.717) is 49.5 Å². The molecule has 4 fully saturated rings. The first kappa shape index (κ1) is 26.8. The number of alkyl halides is 2. The molecule has 4 aliphatic rings. The van der Waals surface area contributed by atoms with E-state index in [-0.39, 0.29) is 37.2 Å². The topological polar surface area (TPSA) is 90.8 Å². The van der Waals surface area contributed by atoms with Crippen molar-refractivity contribution in [3.05, 3.63) is 11.9 Å². The molecule has 8 atom stereocenters. The summed E-state index contributed by atoms with van der Waals surface area (Å²) in [7, 11) is 1.58. The van der Waals surface area contributed by atoms with Crippen LogP contribution in [0, 0.1) is 46.8 Å². The number of nitrogens with two attached hydrogens (primary N) is 2. The van der Waals surface area contributed by atoms with E-state index in [1.54, 1.807) is 14.0 Å². The molecule has 4 saturated carbocycles. The average molecular weight is 498 g/mol. The highest BCUT2D eigenvalue weighted by Gasteiger charge is 2.69. The quantitative estimate of drug-likeness (QED) is 0.280. The summed E-state index contributed by atoms with van der Waals surface area (Å²) in [6.45, 7) is 4.90. The Bertz CT molecular complexity index is 794. The molecular formula is C27H45F2N3O3. The Balaban J connectivity index is 1.43. The first-order chi connectivity index (χ1) is 16.6. The van der Waals surface area contributed by atoms with Crippen LogP contribution >= 0.6 is 0 Å². The number of fused-ring (bicyclic) bond motifs is 5.